The molecule has 13 heavy (non-hydrogen) atoms. The number of rotatable bonds is 0. The molecule has 2 aromatic rings. The van der Waals surface area contributed by atoms with E-state index in [9.17, 15) is 0 Å². The second kappa shape index (κ2) is 3.45. The van der Waals surface area contributed by atoms with E-state index in [0.717, 1.165) is 15.2 Å². The first-order chi connectivity index (χ1) is 6.20. The van der Waals surface area contributed by atoms with Crippen molar-refractivity contribution in [1.82, 2.24) is 4.98 Å². The van der Waals surface area contributed by atoms with E-state index in [-0.39, 0.29) is 0 Å². The van der Waals surface area contributed by atoms with Crippen LogP contribution in [0.1, 0.15) is 0 Å². The van der Waals surface area contributed by atoms with Gasteiger partial charge < -0.3 is 0 Å². The summed E-state index contributed by atoms with van der Waals surface area (Å²) in [5, 5.41) is 2.83. The Balaban J connectivity index is 3.00. The highest BCUT2D eigenvalue weighted by Gasteiger charge is 2.06. The number of hydrogen-bond acceptors (Lipinski definition) is 1. The van der Waals surface area contributed by atoms with E-state index >= 15 is 0 Å². The molecular formula is C9H4BrCl2N. The second-order valence-corrected chi connectivity index (χ2v) is 4.17. The summed E-state index contributed by atoms with van der Waals surface area (Å²) < 4.78 is 0.969. The molecule has 0 aliphatic carbocycles. The highest BCUT2D eigenvalue weighted by atomic mass is 79.9. The Labute approximate surface area is 93.8 Å². The van der Waals surface area contributed by atoms with E-state index in [1.807, 2.05) is 12.1 Å². The predicted octanol–water partition coefficient (Wildman–Crippen LogP) is 4.30. The molecule has 1 aromatic carbocycles. The number of halogens is 3. The van der Waals surface area contributed by atoms with Crippen molar-refractivity contribution >= 4 is 49.9 Å². The van der Waals surface area contributed by atoms with Crippen LogP contribution < -0.4 is 0 Å². The lowest BCUT2D eigenvalue weighted by Gasteiger charge is -2.03. The first kappa shape index (κ1) is 9.25. The SMILES string of the molecule is Clc1ccc(Br)c2ccnc(Cl)c12. The molecule has 66 valence electrons. The highest BCUT2D eigenvalue weighted by molar-refractivity contribution is 9.10. The van der Waals surface area contributed by atoms with Crippen molar-refractivity contribution in [3.05, 3.63) is 39.0 Å². The van der Waals surface area contributed by atoms with Gasteiger partial charge in [-0.25, -0.2) is 4.98 Å². The third-order valence-electron chi connectivity index (χ3n) is 1.78. The fourth-order valence-corrected chi connectivity index (χ4v) is 2.21. The van der Waals surface area contributed by atoms with Crippen molar-refractivity contribution in [3.63, 3.8) is 0 Å². The monoisotopic (exact) mass is 275 g/mol. The number of fused-ring (bicyclic) bond motifs is 1. The molecule has 0 amide bonds. The number of benzene rings is 1. The van der Waals surface area contributed by atoms with Crippen LogP contribution in [0.4, 0.5) is 0 Å². The standard InChI is InChI=1S/C9H4BrCl2N/c10-6-1-2-7(11)8-5(6)3-4-13-9(8)12/h1-4H. The predicted molar refractivity (Wildman–Crippen MR) is 59.5 cm³/mol. The zero-order chi connectivity index (χ0) is 9.42. The topological polar surface area (TPSA) is 12.9 Å². The largest absolute Gasteiger partial charge is 0.244 e. The van der Waals surface area contributed by atoms with Gasteiger partial charge in [0.2, 0.25) is 0 Å². The molecule has 1 heterocycles. The molecule has 1 aromatic heterocycles. The van der Waals surface area contributed by atoms with E-state index in [4.69, 9.17) is 23.2 Å². The van der Waals surface area contributed by atoms with Gasteiger partial charge in [0.05, 0.1) is 5.02 Å². The van der Waals surface area contributed by atoms with Gasteiger partial charge in [-0.3, -0.25) is 0 Å². The van der Waals surface area contributed by atoms with Gasteiger partial charge in [-0.2, -0.15) is 0 Å². The minimum Gasteiger partial charge on any atom is -0.244 e. The fraction of sp³-hybridized carbons (Fsp3) is 0. The minimum absolute atomic E-state index is 0.434. The Kier molecular flexibility index (Phi) is 2.45. The number of aromatic nitrogens is 1. The Hall–Kier alpha value is -0.310. The van der Waals surface area contributed by atoms with E-state index in [1.54, 1.807) is 12.3 Å². The maximum atomic E-state index is 5.99. The summed E-state index contributed by atoms with van der Waals surface area (Å²) in [5.41, 5.74) is 0. The molecule has 0 spiro atoms. The van der Waals surface area contributed by atoms with Gasteiger partial charge in [0, 0.05) is 21.4 Å². The van der Waals surface area contributed by atoms with Crippen molar-refractivity contribution in [1.29, 1.82) is 0 Å². The maximum Gasteiger partial charge on any atom is 0.138 e. The molecule has 0 bridgehead atoms. The first-order valence-electron chi connectivity index (χ1n) is 3.58. The average Bonchev–Trinajstić information content (AvgIpc) is 2.12. The number of pyridine rings is 1. The molecule has 0 aliphatic rings. The summed E-state index contributed by atoms with van der Waals surface area (Å²) in [5.74, 6) is 0. The van der Waals surface area contributed by atoms with Gasteiger partial charge in [-0.05, 0) is 18.2 Å². The molecule has 0 aliphatic heterocycles. The molecule has 0 radical (unpaired) electrons. The lowest BCUT2D eigenvalue weighted by molar-refractivity contribution is 1.36. The van der Waals surface area contributed by atoms with Crippen LogP contribution in [0.15, 0.2) is 28.9 Å². The van der Waals surface area contributed by atoms with Crippen LogP contribution >= 0.6 is 39.1 Å². The summed E-state index contributed by atoms with van der Waals surface area (Å²) in [4.78, 5) is 3.97. The zero-order valence-electron chi connectivity index (χ0n) is 6.39. The smallest absolute Gasteiger partial charge is 0.138 e. The van der Waals surface area contributed by atoms with Gasteiger partial charge in [-0.1, -0.05) is 39.1 Å². The van der Waals surface area contributed by atoms with Crippen molar-refractivity contribution in [2.75, 3.05) is 0 Å². The van der Waals surface area contributed by atoms with Gasteiger partial charge in [-0.15, -0.1) is 0 Å². The van der Waals surface area contributed by atoms with Crippen molar-refractivity contribution in [3.8, 4) is 0 Å². The molecule has 0 N–H and O–H groups in total. The Morgan fingerprint density at radius 3 is 2.62 bits per heavy atom. The third-order valence-corrected chi connectivity index (χ3v) is 3.07. The molecule has 0 unspecified atom stereocenters. The average molecular weight is 277 g/mol. The van der Waals surface area contributed by atoms with Gasteiger partial charge in [0.1, 0.15) is 5.15 Å². The summed E-state index contributed by atoms with van der Waals surface area (Å²) in [6.07, 6.45) is 1.66. The highest BCUT2D eigenvalue weighted by Crippen LogP contribution is 2.33. The van der Waals surface area contributed by atoms with Crippen LogP contribution in [0.25, 0.3) is 10.8 Å². The Morgan fingerprint density at radius 1 is 1.15 bits per heavy atom. The molecule has 0 saturated carbocycles. The van der Waals surface area contributed by atoms with Crippen LogP contribution in [-0.4, -0.2) is 4.98 Å². The Morgan fingerprint density at radius 2 is 1.92 bits per heavy atom. The lowest BCUT2D eigenvalue weighted by Crippen LogP contribution is -1.81. The normalized spacial score (nSPS) is 10.7. The molecule has 0 atom stereocenters. The summed E-state index contributed by atoms with van der Waals surface area (Å²) in [6.45, 7) is 0. The molecule has 0 saturated heterocycles. The fourth-order valence-electron chi connectivity index (χ4n) is 1.18. The summed E-state index contributed by atoms with van der Waals surface area (Å²) in [7, 11) is 0. The molecule has 2 rings (SSSR count). The lowest BCUT2D eigenvalue weighted by atomic mass is 10.2. The van der Waals surface area contributed by atoms with E-state index < -0.39 is 0 Å². The number of hydrogen-bond donors (Lipinski definition) is 0. The molecule has 4 heteroatoms. The summed E-state index contributed by atoms with van der Waals surface area (Å²) in [6, 6.07) is 5.56. The van der Waals surface area contributed by atoms with Crippen LogP contribution in [0.3, 0.4) is 0 Å². The van der Waals surface area contributed by atoms with Crippen molar-refractivity contribution in [2.24, 2.45) is 0 Å². The number of nitrogens with zero attached hydrogens (tertiary/aromatic N) is 1. The van der Waals surface area contributed by atoms with E-state index in [0.29, 0.717) is 10.2 Å². The minimum atomic E-state index is 0.434. The van der Waals surface area contributed by atoms with Gasteiger partial charge in [0.25, 0.3) is 0 Å². The van der Waals surface area contributed by atoms with Crippen LogP contribution in [0, 0.1) is 0 Å². The molecule has 0 fully saturated rings. The van der Waals surface area contributed by atoms with Gasteiger partial charge >= 0.3 is 0 Å². The van der Waals surface area contributed by atoms with Crippen molar-refractivity contribution in [2.45, 2.75) is 0 Å². The van der Waals surface area contributed by atoms with Crippen molar-refractivity contribution < 1.29 is 0 Å². The first-order valence-corrected chi connectivity index (χ1v) is 5.13. The Bertz CT molecular complexity index is 462. The quantitative estimate of drug-likeness (QED) is 0.654. The molecular weight excluding hydrogens is 273 g/mol. The zero-order valence-corrected chi connectivity index (χ0v) is 9.49. The van der Waals surface area contributed by atoms with E-state index in [1.165, 1.54) is 0 Å². The third kappa shape index (κ3) is 1.54. The van der Waals surface area contributed by atoms with Crippen LogP contribution in [0.2, 0.25) is 10.2 Å². The van der Waals surface area contributed by atoms with Gasteiger partial charge in [0.15, 0.2) is 0 Å². The van der Waals surface area contributed by atoms with Crippen LogP contribution in [0.5, 0.6) is 0 Å². The summed E-state index contributed by atoms with van der Waals surface area (Å²) >= 11 is 15.3. The maximum absolute atomic E-state index is 5.99. The van der Waals surface area contributed by atoms with Crippen LogP contribution in [-0.2, 0) is 0 Å². The second-order valence-electron chi connectivity index (χ2n) is 2.55. The molecule has 1 nitrogen and oxygen atoms in total. The van der Waals surface area contributed by atoms with E-state index in [2.05, 4.69) is 20.9 Å².